The Morgan fingerprint density at radius 1 is 0.964 bits per heavy atom. The molecule has 3 aromatic rings. The number of hydroxylamine groups is 2. The second-order valence-corrected chi connectivity index (χ2v) is 5.92. The molecule has 0 bridgehead atoms. The Morgan fingerprint density at radius 2 is 1.71 bits per heavy atom. The molecule has 0 saturated carbocycles. The first-order valence-electron chi connectivity index (χ1n) is 8.53. The van der Waals surface area contributed by atoms with E-state index >= 15 is 0 Å². The van der Waals surface area contributed by atoms with Crippen molar-refractivity contribution in [1.29, 1.82) is 0 Å². The van der Waals surface area contributed by atoms with E-state index in [1.54, 1.807) is 30.3 Å². The zero-order valence-corrected chi connectivity index (χ0v) is 14.9. The molecule has 142 valence electrons. The van der Waals surface area contributed by atoms with Gasteiger partial charge in [-0.3, -0.25) is 14.8 Å². The molecule has 0 spiro atoms. The number of urea groups is 1. The first-order valence-corrected chi connectivity index (χ1v) is 8.53. The van der Waals surface area contributed by atoms with Gasteiger partial charge in [0.15, 0.2) is 0 Å². The van der Waals surface area contributed by atoms with Crippen LogP contribution in [0.4, 0.5) is 10.5 Å². The molecule has 3 aromatic carbocycles. The zero-order valence-electron chi connectivity index (χ0n) is 14.9. The number of amides is 3. The highest BCUT2D eigenvalue weighted by molar-refractivity contribution is 6.01. The predicted octanol–water partition coefficient (Wildman–Crippen LogP) is 3.61. The summed E-state index contributed by atoms with van der Waals surface area (Å²) in [6.07, 6.45) is 2.77. The van der Waals surface area contributed by atoms with Crippen LogP contribution in [0.25, 0.3) is 16.8 Å². The van der Waals surface area contributed by atoms with Gasteiger partial charge in [-0.1, -0.05) is 60.7 Å². The highest BCUT2D eigenvalue weighted by Gasteiger charge is 2.05. The van der Waals surface area contributed by atoms with E-state index < -0.39 is 11.9 Å². The van der Waals surface area contributed by atoms with Crippen molar-refractivity contribution in [2.24, 2.45) is 0 Å². The molecule has 28 heavy (non-hydrogen) atoms. The molecule has 0 unspecified atom stereocenters. The van der Waals surface area contributed by atoms with Crippen LogP contribution in [-0.4, -0.2) is 17.1 Å². The molecule has 7 nitrogen and oxygen atoms in total. The predicted molar refractivity (Wildman–Crippen MR) is 106 cm³/mol. The number of fused-ring (bicyclic) bond motifs is 1. The minimum atomic E-state index is -0.603. The molecule has 7 heteroatoms. The minimum Gasteiger partial charge on any atom is -0.306 e. The molecule has 0 aromatic heterocycles. The number of carbonyl (C=O) groups is 2. The molecular weight excluding hydrogens is 358 g/mol. The maximum absolute atomic E-state index is 12.1. The van der Waals surface area contributed by atoms with Gasteiger partial charge in [-0.2, -0.15) is 0 Å². The molecule has 0 atom stereocenters. The normalized spacial score (nSPS) is 10.8. The third-order valence-electron chi connectivity index (χ3n) is 3.96. The maximum Gasteiger partial charge on any atom is 0.343 e. The SMILES string of the molecule is O=C(/C=C/c1ccc(CONC(=O)Nc2cccc3ccccc23)cc1)NO. The summed E-state index contributed by atoms with van der Waals surface area (Å²) in [4.78, 5) is 28.3. The van der Waals surface area contributed by atoms with Crippen LogP contribution in [0.15, 0.2) is 72.8 Å². The Labute approximate surface area is 161 Å². The highest BCUT2D eigenvalue weighted by Crippen LogP contribution is 2.22. The largest absolute Gasteiger partial charge is 0.343 e. The summed E-state index contributed by atoms with van der Waals surface area (Å²) >= 11 is 0. The lowest BCUT2D eigenvalue weighted by Gasteiger charge is -2.10. The average Bonchev–Trinajstić information content (AvgIpc) is 2.73. The second kappa shape index (κ2) is 9.31. The first-order chi connectivity index (χ1) is 13.7. The lowest BCUT2D eigenvalue weighted by molar-refractivity contribution is -0.124. The van der Waals surface area contributed by atoms with E-state index in [0.717, 1.165) is 21.9 Å². The standard InChI is InChI=1S/C21H19N3O4/c25-20(23-27)13-12-15-8-10-16(11-9-15)14-28-24-21(26)22-19-7-3-5-17-4-1-2-6-18(17)19/h1-13,27H,14H2,(H,23,25)(H2,22,24,26)/b13-12+. The summed E-state index contributed by atoms with van der Waals surface area (Å²) in [6.45, 7) is 0.185. The van der Waals surface area contributed by atoms with E-state index in [4.69, 9.17) is 10.0 Å². The number of anilines is 1. The van der Waals surface area contributed by atoms with Crippen LogP contribution in [-0.2, 0) is 16.2 Å². The summed E-state index contributed by atoms with van der Waals surface area (Å²) in [7, 11) is 0. The number of hydrogen-bond donors (Lipinski definition) is 4. The van der Waals surface area contributed by atoms with Crippen molar-refractivity contribution < 1.29 is 19.6 Å². The van der Waals surface area contributed by atoms with Crippen LogP contribution in [0.3, 0.4) is 0 Å². The van der Waals surface area contributed by atoms with Crippen LogP contribution in [0, 0.1) is 0 Å². The van der Waals surface area contributed by atoms with Gasteiger partial charge in [-0.25, -0.2) is 15.8 Å². The summed E-state index contributed by atoms with van der Waals surface area (Å²) in [5, 5.41) is 13.2. The molecular formula is C21H19N3O4. The van der Waals surface area contributed by atoms with E-state index in [2.05, 4.69) is 10.8 Å². The quantitative estimate of drug-likeness (QED) is 0.299. The van der Waals surface area contributed by atoms with E-state index in [1.165, 1.54) is 11.6 Å². The zero-order chi connectivity index (χ0) is 19.8. The lowest BCUT2D eigenvalue weighted by Crippen LogP contribution is -2.28. The van der Waals surface area contributed by atoms with Crippen LogP contribution >= 0.6 is 0 Å². The molecule has 0 saturated heterocycles. The van der Waals surface area contributed by atoms with E-state index in [1.807, 2.05) is 42.5 Å². The summed E-state index contributed by atoms with van der Waals surface area (Å²) in [5.41, 5.74) is 6.21. The molecule has 3 amide bonds. The molecule has 4 N–H and O–H groups in total. The van der Waals surface area contributed by atoms with Crippen molar-refractivity contribution in [3.05, 3.63) is 83.9 Å². The van der Waals surface area contributed by atoms with Gasteiger partial charge >= 0.3 is 6.03 Å². The number of carbonyl (C=O) groups excluding carboxylic acids is 2. The maximum atomic E-state index is 12.1. The minimum absolute atomic E-state index is 0.185. The summed E-state index contributed by atoms with van der Waals surface area (Å²) < 4.78 is 0. The molecule has 0 radical (unpaired) electrons. The fraction of sp³-hybridized carbons (Fsp3) is 0.0476. The fourth-order valence-corrected chi connectivity index (χ4v) is 2.60. The van der Waals surface area contributed by atoms with Gasteiger partial charge in [0, 0.05) is 11.5 Å². The molecule has 0 aliphatic carbocycles. The van der Waals surface area contributed by atoms with Crippen molar-refractivity contribution in [2.75, 3.05) is 5.32 Å². The van der Waals surface area contributed by atoms with Crippen LogP contribution < -0.4 is 16.3 Å². The van der Waals surface area contributed by atoms with Gasteiger partial charge in [0.2, 0.25) is 0 Å². The van der Waals surface area contributed by atoms with Crippen molar-refractivity contribution in [3.63, 3.8) is 0 Å². The van der Waals surface area contributed by atoms with E-state index in [9.17, 15) is 9.59 Å². The van der Waals surface area contributed by atoms with Gasteiger partial charge in [0.1, 0.15) is 0 Å². The molecule has 3 rings (SSSR count). The van der Waals surface area contributed by atoms with Crippen molar-refractivity contribution >= 4 is 34.5 Å². The average molecular weight is 377 g/mol. The third-order valence-corrected chi connectivity index (χ3v) is 3.96. The van der Waals surface area contributed by atoms with E-state index in [-0.39, 0.29) is 6.61 Å². The smallest absolute Gasteiger partial charge is 0.306 e. The number of nitrogens with one attached hydrogen (secondary N) is 3. The molecule has 0 fully saturated rings. The fourth-order valence-electron chi connectivity index (χ4n) is 2.60. The second-order valence-electron chi connectivity index (χ2n) is 5.92. The number of hydrogen-bond acceptors (Lipinski definition) is 4. The van der Waals surface area contributed by atoms with Gasteiger partial charge in [0.05, 0.1) is 12.3 Å². The Bertz CT molecular complexity index is 995. The highest BCUT2D eigenvalue weighted by atomic mass is 16.7. The Kier molecular flexibility index (Phi) is 6.35. The van der Waals surface area contributed by atoms with Crippen molar-refractivity contribution in [3.8, 4) is 0 Å². The Hall–Kier alpha value is -3.68. The molecule has 0 aliphatic rings. The lowest BCUT2D eigenvalue weighted by atomic mass is 10.1. The molecule has 0 heterocycles. The third kappa shape index (κ3) is 5.16. The Morgan fingerprint density at radius 3 is 2.50 bits per heavy atom. The van der Waals surface area contributed by atoms with Crippen molar-refractivity contribution in [1.82, 2.24) is 11.0 Å². The first kappa shape index (κ1) is 19.1. The van der Waals surface area contributed by atoms with E-state index in [0.29, 0.717) is 5.69 Å². The van der Waals surface area contributed by atoms with Gasteiger partial charge in [-0.05, 0) is 28.7 Å². The Balaban J connectivity index is 1.50. The topological polar surface area (TPSA) is 99.7 Å². The number of rotatable bonds is 6. The number of benzene rings is 3. The summed E-state index contributed by atoms with van der Waals surface area (Å²) in [6, 6.07) is 20.2. The summed E-state index contributed by atoms with van der Waals surface area (Å²) in [5.74, 6) is -0.603. The van der Waals surface area contributed by atoms with Gasteiger partial charge in [-0.15, -0.1) is 0 Å². The van der Waals surface area contributed by atoms with Gasteiger partial charge in [0.25, 0.3) is 5.91 Å². The van der Waals surface area contributed by atoms with Crippen LogP contribution in [0.5, 0.6) is 0 Å². The van der Waals surface area contributed by atoms with Crippen LogP contribution in [0.1, 0.15) is 11.1 Å². The van der Waals surface area contributed by atoms with Crippen molar-refractivity contribution in [2.45, 2.75) is 6.61 Å². The van der Waals surface area contributed by atoms with Gasteiger partial charge < -0.3 is 5.32 Å². The molecule has 0 aliphatic heterocycles. The van der Waals surface area contributed by atoms with Crippen LogP contribution in [0.2, 0.25) is 0 Å². The monoisotopic (exact) mass is 377 g/mol.